The van der Waals surface area contributed by atoms with Crippen LogP contribution in [0.2, 0.25) is 5.02 Å². The molecule has 4 rings (SSSR count). The predicted octanol–water partition coefficient (Wildman–Crippen LogP) is 4.17. The van der Waals surface area contributed by atoms with Crippen LogP contribution in [-0.2, 0) is 0 Å². The summed E-state index contributed by atoms with van der Waals surface area (Å²) < 4.78 is 0. The van der Waals surface area contributed by atoms with E-state index >= 15 is 0 Å². The van der Waals surface area contributed by atoms with Crippen molar-refractivity contribution < 1.29 is 0 Å². The lowest BCUT2D eigenvalue weighted by Gasteiger charge is -2.07. The van der Waals surface area contributed by atoms with Gasteiger partial charge in [0.15, 0.2) is 5.84 Å². The number of aromatic nitrogens is 1. The number of halogens is 1. The van der Waals surface area contributed by atoms with Crippen molar-refractivity contribution in [1.29, 1.82) is 0 Å². The van der Waals surface area contributed by atoms with Crippen molar-refractivity contribution in [2.45, 2.75) is 0 Å². The Kier molecular flexibility index (Phi) is 3.81. The highest BCUT2D eigenvalue weighted by atomic mass is 35.5. The molecule has 0 aliphatic carbocycles. The van der Waals surface area contributed by atoms with E-state index in [9.17, 15) is 0 Å². The van der Waals surface area contributed by atoms with Gasteiger partial charge in [-0.05, 0) is 30.3 Å². The molecular weight excluding hydrogens is 320 g/mol. The second kappa shape index (κ2) is 6.26. The normalized spacial score (nSPS) is 13.2. The molecule has 1 aliphatic rings. The number of nitrogens with one attached hydrogen (secondary N) is 1. The molecule has 2 aromatic carbocycles. The van der Waals surface area contributed by atoms with Crippen LogP contribution in [0.5, 0.6) is 0 Å². The van der Waals surface area contributed by atoms with Crippen molar-refractivity contribution in [2.24, 2.45) is 10.1 Å². The summed E-state index contributed by atoms with van der Waals surface area (Å²) in [7, 11) is 0. The van der Waals surface area contributed by atoms with E-state index in [-0.39, 0.29) is 0 Å². The van der Waals surface area contributed by atoms with Crippen LogP contribution in [0.15, 0.2) is 83.2 Å². The maximum Gasteiger partial charge on any atom is 0.155 e. The van der Waals surface area contributed by atoms with Crippen molar-refractivity contribution in [3.63, 3.8) is 0 Å². The number of para-hydroxylation sites is 1. The van der Waals surface area contributed by atoms with Crippen LogP contribution in [0, 0.1) is 0 Å². The third kappa shape index (κ3) is 2.79. The van der Waals surface area contributed by atoms with Gasteiger partial charge in [-0.25, -0.2) is 4.99 Å². The van der Waals surface area contributed by atoms with Gasteiger partial charge in [0, 0.05) is 34.1 Å². The van der Waals surface area contributed by atoms with E-state index in [0.29, 0.717) is 10.9 Å². The van der Waals surface area contributed by atoms with Crippen LogP contribution in [0.3, 0.4) is 0 Å². The molecule has 0 spiro atoms. The fourth-order valence-electron chi connectivity index (χ4n) is 2.55. The Balaban J connectivity index is 1.85. The molecule has 0 bridgehead atoms. The molecule has 116 valence electrons. The molecule has 24 heavy (non-hydrogen) atoms. The van der Waals surface area contributed by atoms with E-state index in [0.717, 1.165) is 28.1 Å². The molecular formula is C19H13ClN4. The fraction of sp³-hybridized carbons (Fsp3) is 0. The van der Waals surface area contributed by atoms with E-state index in [2.05, 4.69) is 15.5 Å². The molecule has 0 amide bonds. The van der Waals surface area contributed by atoms with E-state index in [1.807, 2.05) is 60.7 Å². The summed E-state index contributed by atoms with van der Waals surface area (Å²) in [6.45, 7) is 0. The summed E-state index contributed by atoms with van der Waals surface area (Å²) in [6.07, 6.45) is 3.49. The molecule has 0 fully saturated rings. The van der Waals surface area contributed by atoms with Crippen molar-refractivity contribution in [2.75, 3.05) is 0 Å². The minimum atomic E-state index is 0.666. The van der Waals surface area contributed by atoms with Crippen molar-refractivity contribution >= 4 is 28.8 Å². The van der Waals surface area contributed by atoms with Gasteiger partial charge >= 0.3 is 0 Å². The molecule has 0 radical (unpaired) electrons. The van der Waals surface area contributed by atoms with Crippen LogP contribution < -0.4 is 5.43 Å². The minimum absolute atomic E-state index is 0.666. The van der Waals surface area contributed by atoms with Crippen LogP contribution in [0.4, 0.5) is 5.69 Å². The lowest BCUT2D eigenvalue weighted by Crippen LogP contribution is -2.19. The predicted molar refractivity (Wildman–Crippen MR) is 97.1 cm³/mol. The van der Waals surface area contributed by atoms with Gasteiger partial charge in [-0.15, -0.1) is 0 Å². The number of fused-ring (bicyclic) bond motifs is 1. The summed E-state index contributed by atoms with van der Waals surface area (Å²) in [5.41, 5.74) is 7.57. The van der Waals surface area contributed by atoms with Crippen LogP contribution in [0.1, 0.15) is 16.7 Å². The molecule has 1 aromatic heterocycles. The molecule has 0 saturated heterocycles. The first-order chi connectivity index (χ1) is 11.8. The van der Waals surface area contributed by atoms with Gasteiger partial charge in [-0.2, -0.15) is 5.10 Å². The quantitative estimate of drug-likeness (QED) is 0.765. The Hall–Kier alpha value is -2.98. The largest absolute Gasteiger partial charge is 0.264 e. The molecule has 0 saturated carbocycles. The smallest absolute Gasteiger partial charge is 0.155 e. The van der Waals surface area contributed by atoms with Crippen molar-refractivity contribution in [1.82, 2.24) is 10.4 Å². The van der Waals surface area contributed by atoms with E-state index in [1.54, 1.807) is 12.4 Å². The maximum atomic E-state index is 6.00. The van der Waals surface area contributed by atoms with Gasteiger partial charge in [0.25, 0.3) is 0 Å². The van der Waals surface area contributed by atoms with Gasteiger partial charge in [0.2, 0.25) is 0 Å². The number of nitrogens with zero attached hydrogens (tertiary/aromatic N) is 3. The average molecular weight is 333 g/mol. The van der Waals surface area contributed by atoms with E-state index in [1.165, 1.54) is 0 Å². The first kappa shape index (κ1) is 14.6. The fourth-order valence-corrected chi connectivity index (χ4v) is 2.67. The SMILES string of the molecule is Clc1ccc(C2=NNC(c3cccnc3)=Nc3ccccc32)cc1. The third-order valence-corrected chi connectivity index (χ3v) is 3.97. The van der Waals surface area contributed by atoms with Gasteiger partial charge in [0.1, 0.15) is 0 Å². The Morgan fingerprint density at radius 3 is 2.46 bits per heavy atom. The van der Waals surface area contributed by atoms with Gasteiger partial charge < -0.3 is 0 Å². The topological polar surface area (TPSA) is 49.6 Å². The number of hydrogen-bond donors (Lipinski definition) is 1. The standard InChI is InChI=1S/C19H13ClN4/c20-15-9-7-13(8-10-15)18-16-5-1-2-6-17(16)22-19(24-23-18)14-4-3-11-21-12-14/h1-12H,(H,22,24). The highest BCUT2D eigenvalue weighted by Crippen LogP contribution is 2.25. The first-order valence-electron chi connectivity index (χ1n) is 7.49. The Morgan fingerprint density at radius 2 is 1.67 bits per heavy atom. The second-order valence-corrected chi connectivity index (χ2v) is 5.73. The molecule has 4 nitrogen and oxygen atoms in total. The lowest BCUT2D eigenvalue weighted by molar-refractivity contribution is 1.03. The maximum absolute atomic E-state index is 6.00. The summed E-state index contributed by atoms with van der Waals surface area (Å²) in [6, 6.07) is 19.4. The average Bonchev–Trinajstić information content (AvgIpc) is 2.83. The van der Waals surface area contributed by atoms with E-state index < -0.39 is 0 Å². The zero-order chi connectivity index (χ0) is 16.4. The van der Waals surface area contributed by atoms with Gasteiger partial charge in [-0.1, -0.05) is 41.9 Å². The summed E-state index contributed by atoms with van der Waals surface area (Å²) in [5.74, 6) is 0.666. The molecule has 1 N–H and O–H groups in total. The van der Waals surface area contributed by atoms with E-state index in [4.69, 9.17) is 16.6 Å². The van der Waals surface area contributed by atoms with Crippen LogP contribution in [0.25, 0.3) is 0 Å². The Labute approximate surface area is 144 Å². The number of hydrazone groups is 1. The lowest BCUT2D eigenvalue weighted by atomic mass is 10.0. The molecule has 0 unspecified atom stereocenters. The van der Waals surface area contributed by atoms with Crippen LogP contribution >= 0.6 is 11.6 Å². The number of rotatable bonds is 2. The molecule has 0 atom stereocenters. The molecule has 3 aromatic rings. The second-order valence-electron chi connectivity index (χ2n) is 5.30. The zero-order valence-electron chi connectivity index (χ0n) is 12.6. The number of hydrogen-bond acceptors (Lipinski definition) is 4. The van der Waals surface area contributed by atoms with Crippen molar-refractivity contribution in [3.05, 3.63) is 94.8 Å². The third-order valence-electron chi connectivity index (χ3n) is 3.72. The molecule has 5 heteroatoms. The highest BCUT2D eigenvalue weighted by molar-refractivity contribution is 6.30. The summed E-state index contributed by atoms with van der Waals surface area (Å²) in [4.78, 5) is 8.88. The number of pyridine rings is 1. The minimum Gasteiger partial charge on any atom is -0.264 e. The van der Waals surface area contributed by atoms with Gasteiger partial charge in [-0.3, -0.25) is 10.4 Å². The van der Waals surface area contributed by atoms with Crippen LogP contribution in [-0.4, -0.2) is 16.5 Å². The summed E-state index contributed by atoms with van der Waals surface area (Å²) in [5, 5.41) is 5.28. The summed E-state index contributed by atoms with van der Waals surface area (Å²) >= 11 is 6.00. The van der Waals surface area contributed by atoms with Crippen molar-refractivity contribution in [3.8, 4) is 0 Å². The highest BCUT2D eigenvalue weighted by Gasteiger charge is 2.16. The monoisotopic (exact) mass is 332 g/mol. The number of amidine groups is 1. The molecule has 2 heterocycles. The number of aliphatic imine (C=N–C) groups is 1. The Morgan fingerprint density at radius 1 is 0.833 bits per heavy atom. The zero-order valence-corrected chi connectivity index (χ0v) is 13.4. The number of benzene rings is 2. The Bertz CT molecular complexity index is 931. The molecule has 1 aliphatic heterocycles. The van der Waals surface area contributed by atoms with Gasteiger partial charge in [0.05, 0.1) is 11.4 Å². The first-order valence-corrected chi connectivity index (χ1v) is 7.87.